The van der Waals surface area contributed by atoms with Gasteiger partial charge in [0.1, 0.15) is 17.5 Å². The van der Waals surface area contributed by atoms with Crippen LogP contribution in [0.25, 0.3) is 11.3 Å². The Morgan fingerprint density at radius 3 is 2.48 bits per heavy atom. The van der Waals surface area contributed by atoms with E-state index < -0.39 is 5.60 Å². The second-order valence-electron chi connectivity index (χ2n) is 9.50. The molecule has 1 saturated heterocycles. The molecule has 0 N–H and O–H groups in total. The van der Waals surface area contributed by atoms with Gasteiger partial charge in [-0.3, -0.25) is 0 Å². The maximum atomic E-state index is 13.5. The number of hydrogen-bond acceptors (Lipinski definition) is 5. The lowest BCUT2D eigenvalue weighted by atomic mass is 9.61. The van der Waals surface area contributed by atoms with Crippen molar-refractivity contribution in [2.45, 2.75) is 58.2 Å². The average molecular weight is 448 g/mol. The van der Waals surface area contributed by atoms with Crippen LogP contribution in [0.4, 0.5) is 9.18 Å². The van der Waals surface area contributed by atoms with E-state index in [9.17, 15) is 9.18 Å². The molecule has 1 aromatic heterocycles. The Morgan fingerprint density at radius 2 is 1.87 bits per heavy atom. The number of amides is 1. The summed E-state index contributed by atoms with van der Waals surface area (Å²) in [7, 11) is 0. The summed E-state index contributed by atoms with van der Waals surface area (Å²) in [6.45, 7) is 7.07. The first-order valence-electron chi connectivity index (χ1n) is 10.6. The summed E-state index contributed by atoms with van der Waals surface area (Å²) in [4.78, 5) is 14.0. The van der Waals surface area contributed by atoms with E-state index >= 15 is 0 Å². The maximum absolute atomic E-state index is 13.5. The number of ether oxygens (including phenoxy) is 2. The lowest BCUT2D eigenvalue weighted by molar-refractivity contribution is -0.0599. The van der Waals surface area contributed by atoms with Crippen molar-refractivity contribution in [2.24, 2.45) is 5.41 Å². The molecule has 1 aliphatic carbocycles. The van der Waals surface area contributed by atoms with Crippen LogP contribution in [0.2, 0.25) is 5.02 Å². The van der Waals surface area contributed by atoms with Crippen molar-refractivity contribution < 1.29 is 18.7 Å². The molecule has 1 aliphatic heterocycles. The maximum Gasteiger partial charge on any atom is 0.410 e. The number of halogens is 2. The molecule has 0 radical (unpaired) electrons. The van der Waals surface area contributed by atoms with Gasteiger partial charge in [0.05, 0.1) is 10.7 Å². The van der Waals surface area contributed by atoms with E-state index in [4.69, 9.17) is 21.1 Å². The molecule has 166 valence electrons. The molecule has 8 heteroatoms. The van der Waals surface area contributed by atoms with Gasteiger partial charge in [0.25, 0.3) is 0 Å². The van der Waals surface area contributed by atoms with Crippen LogP contribution < -0.4 is 4.74 Å². The smallest absolute Gasteiger partial charge is 0.410 e. The number of aromatic nitrogens is 2. The van der Waals surface area contributed by atoms with Crippen LogP contribution in [0.15, 0.2) is 30.3 Å². The Hall–Kier alpha value is -2.41. The summed E-state index contributed by atoms with van der Waals surface area (Å²) in [6.07, 6.45) is 3.64. The van der Waals surface area contributed by atoms with E-state index in [2.05, 4.69) is 10.2 Å². The normalized spacial score (nSPS) is 18.5. The quantitative estimate of drug-likeness (QED) is 0.622. The first-order chi connectivity index (χ1) is 14.6. The van der Waals surface area contributed by atoms with Gasteiger partial charge < -0.3 is 14.4 Å². The summed E-state index contributed by atoms with van der Waals surface area (Å²) >= 11 is 6.13. The van der Waals surface area contributed by atoms with Crippen molar-refractivity contribution >= 4 is 17.7 Å². The zero-order valence-corrected chi connectivity index (χ0v) is 18.8. The topological polar surface area (TPSA) is 64.5 Å². The van der Waals surface area contributed by atoms with E-state index in [1.807, 2.05) is 20.8 Å². The van der Waals surface area contributed by atoms with Crippen LogP contribution in [0.5, 0.6) is 5.88 Å². The number of benzene rings is 1. The van der Waals surface area contributed by atoms with Crippen LogP contribution >= 0.6 is 11.6 Å². The van der Waals surface area contributed by atoms with Crippen molar-refractivity contribution in [1.82, 2.24) is 15.1 Å². The van der Waals surface area contributed by atoms with Crippen LogP contribution in [0.1, 0.15) is 46.5 Å². The minimum absolute atomic E-state index is 0.0889. The highest BCUT2D eigenvalue weighted by molar-refractivity contribution is 6.33. The van der Waals surface area contributed by atoms with Crippen molar-refractivity contribution in [3.63, 3.8) is 0 Å². The van der Waals surface area contributed by atoms with E-state index in [1.165, 1.54) is 18.2 Å². The fourth-order valence-electron chi connectivity index (χ4n) is 4.28. The Labute approximate surface area is 186 Å². The molecule has 6 nitrogen and oxygen atoms in total. The summed E-state index contributed by atoms with van der Waals surface area (Å²) in [6, 6.07) is 7.62. The molecule has 1 saturated carbocycles. The molecule has 4 rings (SSSR count). The minimum atomic E-state index is -0.474. The predicted molar refractivity (Wildman–Crippen MR) is 116 cm³/mol. The number of nitrogens with zero attached hydrogens (tertiary/aromatic N) is 3. The van der Waals surface area contributed by atoms with Crippen molar-refractivity contribution in [2.75, 3.05) is 13.1 Å². The number of rotatable bonds is 3. The molecule has 0 bridgehead atoms. The molecule has 0 unspecified atom stereocenters. The number of carbonyl (C=O) groups excluding carboxylic acids is 1. The monoisotopic (exact) mass is 447 g/mol. The fraction of sp³-hybridized carbons (Fsp3) is 0.522. The third-order valence-corrected chi connectivity index (χ3v) is 6.26. The van der Waals surface area contributed by atoms with Crippen LogP contribution in [-0.2, 0) is 4.74 Å². The summed E-state index contributed by atoms with van der Waals surface area (Å²) in [5.41, 5.74) is 0.751. The van der Waals surface area contributed by atoms with E-state index in [0.29, 0.717) is 35.2 Å². The molecule has 1 spiro atoms. The Balaban J connectivity index is 1.28. The Bertz CT molecular complexity index is 946. The Kier molecular flexibility index (Phi) is 5.81. The number of carbonyl (C=O) groups is 1. The van der Waals surface area contributed by atoms with Crippen molar-refractivity contribution in [3.8, 4) is 17.1 Å². The fourth-order valence-corrected chi connectivity index (χ4v) is 4.49. The van der Waals surface area contributed by atoms with Crippen LogP contribution in [0, 0.1) is 11.2 Å². The molecular weight excluding hydrogens is 421 g/mol. The molecule has 2 aliphatic rings. The van der Waals surface area contributed by atoms with Gasteiger partial charge in [-0.25, -0.2) is 9.18 Å². The van der Waals surface area contributed by atoms with Crippen molar-refractivity contribution in [1.29, 1.82) is 0 Å². The molecular formula is C23H27ClFN3O3. The second kappa shape index (κ2) is 8.26. The molecule has 1 aromatic carbocycles. The zero-order chi connectivity index (χ0) is 22.2. The molecule has 31 heavy (non-hydrogen) atoms. The SMILES string of the molecule is CC(C)(C)OC(=O)N1CCC2(CC1)CC(Oc1ccc(-c3cc(F)ccc3Cl)nn1)C2. The largest absolute Gasteiger partial charge is 0.473 e. The summed E-state index contributed by atoms with van der Waals surface area (Å²) in [5, 5.41) is 8.69. The van der Waals surface area contributed by atoms with Crippen LogP contribution in [-0.4, -0.2) is 46.0 Å². The first-order valence-corrected chi connectivity index (χ1v) is 10.9. The molecule has 2 heterocycles. The van der Waals surface area contributed by atoms with Gasteiger partial charge in [0.15, 0.2) is 0 Å². The second-order valence-corrected chi connectivity index (χ2v) is 9.90. The lowest BCUT2D eigenvalue weighted by Crippen LogP contribution is -2.52. The first kappa shape index (κ1) is 21.8. The highest BCUT2D eigenvalue weighted by Crippen LogP contribution is 2.50. The molecule has 1 amide bonds. The van der Waals surface area contributed by atoms with Gasteiger partial charge in [-0.1, -0.05) is 11.6 Å². The predicted octanol–water partition coefficient (Wildman–Crippen LogP) is 5.49. The minimum Gasteiger partial charge on any atom is -0.473 e. The van der Waals surface area contributed by atoms with Crippen LogP contribution in [0.3, 0.4) is 0 Å². The standard InChI is InChI=1S/C23H27ClFN3O3/c1-22(2,3)31-21(29)28-10-8-23(9-11-28)13-16(14-23)30-20-7-6-19(26-27-20)17-12-15(25)4-5-18(17)24/h4-7,12,16H,8-11,13-14H2,1-3H3. The van der Waals surface area contributed by atoms with Gasteiger partial charge in [-0.05, 0) is 76.1 Å². The molecule has 0 atom stereocenters. The number of likely N-dealkylation sites (tertiary alicyclic amines) is 1. The summed E-state index contributed by atoms with van der Waals surface area (Å²) < 4.78 is 24.9. The van der Waals surface area contributed by atoms with E-state index in [1.54, 1.807) is 17.0 Å². The molecule has 2 aromatic rings. The Morgan fingerprint density at radius 1 is 1.16 bits per heavy atom. The zero-order valence-electron chi connectivity index (χ0n) is 18.0. The molecule has 2 fully saturated rings. The van der Waals surface area contributed by atoms with Gasteiger partial charge in [-0.15, -0.1) is 10.2 Å². The van der Waals surface area contributed by atoms with E-state index in [-0.39, 0.29) is 23.4 Å². The van der Waals surface area contributed by atoms with Gasteiger partial charge in [0.2, 0.25) is 5.88 Å². The number of piperidine rings is 1. The average Bonchev–Trinajstić information content (AvgIpc) is 2.68. The third kappa shape index (κ3) is 5.09. The summed E-state index contributed by atoms with van der Waals surface area (Å²) in [5.74, 6) is 0.0707. The highest BCUT2D eigenvalue weighted by Gasteiger charge is 2.48. The number of hydrogen-bond donors (Lipinski definition) is 0. The highest BCUT2D eigenvalue weighted by atomic mass is 35.5. The van der Waals surface area contributed by atoms with E-state index in [0.717, 1.165) is 25.7 Å². The van der Waals surface area contributed by atoms with Gasteiger partial charge >= 0.3 is 6.09 Å². The van der Waals surface area contributed by atoms with Crippen molar-refractivity contribution in [3.05, 3.63) is 41.2 Å². The van der Waals surface area contributed by atoms with Gasteiger partial charge in [0, 0.05) is 24.7 Å². The lowest BCUT2D eigenvalue weighted by Gasteiger charge is -2.51. The third-order valence-electron chi connectivity index (χ3n) is 5.93. The van der Waals surface area contributed by atoms with Gasteiger partial charge in [-0.2, -0.15) is 0 Å².